The monoisotopic (exact) mass is 425 g/mol. The number of hydrogen-bond acceptors (Lipinski definition) is 3. The van der Waals surface area contributed by atoms with Gasteiger partial charge in [-0.1, -0.05) is 30.3 Å². The lowest BCUT2D eigenvalue weighted by Crippen LogP contribution is -2.49. The molecule has 1 aliphatic rings. The Morgan fingerprint density at radius 3 is 2.55 bits per heavy atom. The normalized spacial score (nSPS) is 21.1. The van der Waals surface area contributed by atoms with Crippen LogP contribution in [0.2, 0.25) is 0 Å². The second kappa shape index (κ2) is 10.0. The molecule has 2 aromatic carbocycles. The zero-order chi connectivity index (χ0) is 22.3. The first-order valence-corrected chi connectivity index (χ1v) is 10.2. The molecule has 0 bridgehead atoms. The number of guanidine groups is 1. The van der Waals surface area contributed by atoms with Crippen LogP contribution in [0.5, 0.6) is 0 Å². The first-order chi connectivity index (χ1) is 15.0. The molecule has 0 radical (unpaired) electrons. The van der Waals surface area contributed by atoms with Gasteiger partial charge < -0.3 is 16.0 Å². The molecule has 0 unspecified atom stereocenters. The van der Waals surface area contributed by atoms with Gasteiger partial charge in [0.15, 0.2) is 0 Å². The van der Waals surface area contributed by atoms with Crippen LogP contribution in [-0.4, -0.2) is 31.5 Å². The van der Waals surface area contributed by atoms with Gasteiger partial charge >= 0.3 is 0 Å². The molecule has 31 heavy (non-hydrogen) atoms. The number of rotatable bonds is 5. The van der Waals surface area contributed by atoms with Gasteiger partial charge in [0.05, 0.1) is 5.56 Å². The van der Waals surface area contributed by atoms with Crippen LogP contribution in [0.3, 0.4) is 0 Å². The SMILES string of the molecule is CN/C(=N\C#N)N[C@H]1CC[C@](CNC(=O)c2cc(F)ccc2F)(c2ccccc2)CC1. The van der Waals surface area contributed by atoms with E-state index in [2.05, 4.69) is 20.9 Å². The molecule has 2 aromatic rings. The molecule has 3 rings (SSSR count). The smallest absolute Gasteiger partial charge is 0.254 e. The van der Waals surface area contributed by atoms with Gasteiger partial charge in [-0.2, -0.15) is 5.26 Å². The number of carbonyl (C=O) groups is 1. The summed E-state index contributed by atoms with van der Waals surface area (Å²) in [7, 11) is 1.70. The van der Waals surface area contributed by atoms with Gasteiger partial charge in [0.25, 0.3) is 5.91 Å². The van der Waals surface area contributed by atoms with Crippen LogP contribution >= 0.6 is 0 Å². The second-order valence-electron chi connectivity index (χ2n) is 7.68. The average molecular weight is 425 g/mol. The van der Waals surface area contributed by atoms with Crippen LogP contribution in [-0.2, 0) is 5.41 Å². The predicted octanol–water partition coefficient (Wildman–Crippen LogP) is 3.22. The second-order valence-corrected chi connectivity index (χ2v) is 7.68. The third-order valence-corrected chi connectivity index (χ3v) is 5.83. The summed E-state index contributed by atoms with van der Waals surface area (Å²) in [4.78, 5) is 16.3. The topological polar surface area (TPSA) is 89.3 Å². The lowest BCUT2D eigenvalue weighted by atomic mass is 9.68. The molecular weight excluding hydrogens is 400 g/mol. The van der Waals surface area contributed by atoms with Gasteiger partial charge in [-0.05, 0) is 49.4 Å². The number of benzene rings is 2. The summed E-state index contributed by atoms with van der Waals surface area (Å²) in [6.07, 6.45) is 4.90. The van der Waals surface area contributed by atoms with E-state index in [1.807, 2.05) is 30.3 Å². The third kappa shape index (κ3) is 5.37. The highest BCUT2D eigenvalue weighted by Gasteiger charge is 2.37. The van der Waals surface area contributed by atoms with Crippen LogP contribution in [0, 0.1) is 23.1 Å². The Morgan fingerprint density at radius 2 is 1.90 bits per heavy atom. The van der Waals surface area contributed by atoms with Crippen molar-refractivity contribution in [2.75, 3.05) is 13.6 Å². The number of nitrogens with zero attached hydrogens (tertiary/aromatic N) is 2. The number of amides is 1. The fraction of sp³-hybridized carbons (Fsp3) is 0.348. The molecule has 1 fully saturated rings. The van der Waals surface area contributed by atoms with Crippen molar-refractivity contribution in [2.45, 2.75) is 37.1 Å². The molecule has 0 aliphatic heterocycles. The maximum absolute atomic E-state index is 14.0. The fourth-order valence-corrected chi connectivity index (χ4v) is 4.09. The first-order valence-electron chi connectivity index (χ1n) is 10.2. The molecule has 0 heterocycles. The van der Waals surface area contributed by atoms with Crippen LogP contribution in [0.25, 0.3) is 0 Å². The molecule has 0 aromatic heterocycles. The minimum absolute atomic E-state index is 0.132. The van der Waals surface area contributed by atoms with Crippen molar-refractivity contribution in [3.63, 3.8) is 0 Å². The molecule has 3 N–H and O–H groups in total. The van der Waals surface area contributed by atoms with E-state index in [-0.39, 0.29) is 17.0 Å². The van der Waals surface area contributed by atoms with E-state index < -0.39 is 17.5 Å². The summed E-state index contributed by atoms with van der Waals surface area (Å²) in [5.74, 6) is -1.62. The van der Waals surface area contributed by atoms with Gasteiger partial charge in [0.2, 0.25) is 12.2 Å². The standard InChI is InChI=1S/C23H25F2N5O/c1-27-22(29-15-26)30-18-9-11-23(12-10-18,16-5-3-2-4-6-16)14-28-21(31)19-13-17(24)7-8-20(19)25/h2-8,13,18H,9-12,14H2,1H3,(H,28,31)(H2,27,29,30)/t18-,23-. The zero-order valence-corrected chi connectivity index (χ0v) is 17.3. The number of halogens is 2. The van der Waals surface area contributed by atoms with Crippen molar-refractivity contribution in [1.29, 1.82) is 5.26 Å². The number of hydrogen-bond donors (Lipinski definition) is 3. The first kappa shape index (κ1) is 22.2. The molecule has 1 saturated carbocycles. The van der Waals surface area contributed by atoms with Gasteiger partial charge in [-0.15, -0.1) is 4.99 Å². The van der Waals surface area contributed by atoms with Crippen LogP contribution in [0.1, 0.15) is 41.6 Å². The van der Waals surface area contributed by atoms with Crippen molar-refractivity contribution in [1.82, 2.24) is 16.0 Å². The van der Waals surface area contributed by atoms with E-state index in [1.165, 1.54) is 0 Å². The Bertz CT molecular complexity index is 979. The van der Waals surface area contributed by atoms with Crippen LogP contribution in [0.4, 0.5) is 8.78 Å². The van der Waals surface area contributed by atoms with E-state index in [4.69, 9.17) is 5.26 Å². The number of nitrogens with one attached hydrogen (secondary N) is 3. The van der Waals surface area contributed by atoms with Crippen molar-refractivity contribution in [3.8, 4) is 6.19 Å². The quantitative estimate of drug-likeness (QED) is 0.390. The third-order valence-electron chi connectivity index (χ3n) is 5.83. The summed E-state index contributed by atoms with van der Waals surface area (Å²) in [6, 6.07) is 12.9. The van der Waals surface area contributed by atoms with Gasteiger partial charge in [-0.3, -0.25) is 4.79 Å². The van der Waals surface area contributed by atoms with Crippen molar-refractivity contribution < 1.29 is 13.6 Å². The minimum Gasteiger partial charge on any atom is -0.359 e. The summed E-state index contributed by atoms with van der Waals surface area (Å²) >= 11 is 0. The Balaban J connectivity index is 1.74. The number of aliphatic imine (C=N–C) groups is 1. The molecule has 0 atom stereocenters. The molecule has 0 saturated heterocycles. The maximum atomic E-state index is 14.0. The molecule has 8 heteroatoms. The highest BCUT2D eigenvalue weighted by Crippen LogP contribution is 2.39. The van der Waals surface area contributed by atoms with Crippen LogP contribution < -0.4 is 16.0 Å². The molecular formula is C23H25F2N5O. The molecule has 6 nitrogen and oxygen atoms in total. The fourth-order valence-electron chi connectivity index (χ4n) is 4.09. The van der Waals surface area contributed by atoms with Crippen LogP contribution in [0.15, 0.2) is 53.5 Å². The zero-order valence-electron chi connectivity index (χ0n) is 17.3. The van der Waals surface area contributed by atoms with Gasteiger partial charge in [0, 0.05) is 25.0 Å². The van der Waals surface area contributed by atoms with Crippen molar-refractivity contribution in [2.24, 2.45) is 4.99 Å². The molecule has 1 aliphatic carbocycles. The van der Waals surface area contributed by atoms with Crippen molar-refractivity contribution in [3.05, 3.63) is 71.3 Å². The van der Waals surface area contributed by atoms with E-state index in [9.17, 15) is 13.6 Å². The summed E-state index contributed by atoms with van der Waals surface area (Å²) in [5, 5.41) is 17.7. The average Bonchev–Trinajstić information content (AvgIpc) is 2.80. The molecule has 162 valence electrons. The lowest BCUT2D eigenvalue weighted by molar-refractivity contribution is 0.0930. The maximum Gasteiger partial charge on any atom is 0.254 e. The minimum atomic E-state index is -0.753. The Morgan fingerprint density at radius 1 is 1.19 bits per heavy atom. The summed E-state index contributed by atoms with van der Waals surface area (Å²) < 4.78 is 27.5. The predicted molar refractivity (Wildman–Crippen MR) is 114 cm³/mol. The Hall–Kier alpha value is -3.47. The molecule has 0 spiro atoms. The molecule has 1 amide bonds. The van der Waals surface area contributed by atoms with Gasteiger partial charge in [0.1, 0.15) is 11.6 Å². The van der Waals surface area contributed by atoms with E-state index in [0.717, 1.165) is 49.4 Å². The Labute approximate surface area is 180 Å². The highest BCUT2D eigenvalue weighted by molar-refractivity contribution is 5.94. The highest BCUT2D eigenvalue weighted by atomic mass is 19.1. The summed E-state index contributed by atoms with van der Waals surface area (Å²) in [5.41, 5.74) is 0.461. The summed E-state index contributed by atoms with van der Waals surface area (Å²) in [6.45, 7) is 0.309. The number of nitriles is 1. The van der Waals surface area contributed by atoms with E-state index >= 15 is 0 Å². The van der Waals surface area contributed by atoms with Crippen molar-refractivity contribution >= 4 is 11.9 Å². The lowest BCUT2D eigenvalue weighted by Gasteiger charge is -2.41. The van der Waals surface area contributed by atoms with Gasteiger partial charge in [-0.25, -0.2) is 8.78 Å². The van der Waals surface area contributed by atoms with E-state index in [0.29, 0.717) is 12.5 Å². The van der Waals surface area contributed by atoms with E-state index in [1.54, 1.807) is 13.2 Å². The number of carbonyl (C=O) groups excluding carboxylic acids is 1. The largest absolute Gasteiger partial charge is 0.359 e. The Kier molecular flexibility index (Phi) is 7.19.